The lowest BCUT2D eigenvalue weighted by Gasteiger charge is -2.14. The van der Waals surface area contributed by atoms with Crippen LogP contribution in [0.15, 0.2) is 34.1 Å². The molecule has 0 aromatic carbocycles. The lowest BCUT2D eigenvalue weighted by molar-refractivity contribution is -0.116. The van der Waals surface area contributed by atoms with Crippen molar-refractivity contribution in [3.8, 4) is 11.5 Å². The van der Waals surface area contributed by atoms with Gasteiger partial charge < -0.3 is 9.84 Å². The Balaban J connectivity index is 1.68. The average Bonchev–Trinajstić information content (AvgIpc) is 3.29. The quantitative estimate of drug-likeness (QED) is 0.672. The van der Waals surface area contributed by atoms with Crippen LogP contribution in [0.1, 0.15) is 38.6 Å². The number of aryl methyl sites for hydroxylation is 2. The van der Waals surface area contributed by atoms with Gasteiger partial charge in [0.05, 0.1) is 18.6 Å². The Kier molecular flexibility index (Phi) is 5.43. The van der Waals surface area contributed by atoms with E-state index in [-0.39, 0.29) is 41.9 Å². The van der Waals surface area contributed by atoms with E-state index in [1.807, 2.05) is 6.92 Å². The predicted molar refractivity (Wildman–Crippen MR) is 97.0 cm³/mol. The molecule has 3 aromatic heterocycles. The third kappa shape index (κ3) is 4.10. The summed E-state index contributed by atoms with van der Waals surface area (Å²) in [5.74, 6) is 0.958. The molecule has 3 aromatic rings. The number of carbonyl (C=O) groups excluding carboxylic acids is 1. The maximum absolute atomic E-state index is 12.5. The predicted octanol–water partition coefficient (Wildman–Crippen LogP) is 1.80. The molecular formula is C17H21N7O3. The van der Waals surface area contributed by atoms with Gasteiger partial charge >= 0.3 is 0 Å². The van der Waals surface area contributed by atoms with E-state index in [9.17, 15) is 9.59 Å². The Morgan fingerprint density at radius 1 is 1.41 bits per heavy atom. The minimum Gasteiger partial charge on any atom is -0.334 e. The van der Waals surface area contributed by atoms with Gasteiger partial charge in [0.15, 0.2) is 5.82 Å². The van der Waals surface area contributed by atoms with Crippen molar-refractivity contribution < 1.29 is 9.32 Å². The molecule has 0 aliphatic carbocycles. The lowest BCUT2D eigenvalue weighted by Crippen LogP contribution is -2.25. The topological polar surface area (TPSA) is 121 Å². The molecule has 142 valence electrons. The van der Waals surface area contributed by atoms with Gasteiger partial charge in [-0.1, -0.05) is 12.1 Å². The van der Waals surface area contributed by atoms with Gasteiger partial charge in [0, 0.05) is 25.2 Å². The molecule has 1 N–H and O–H groups in total. The molecule has 0 spiro atoms. The molecule has 27 heavy (non-hydrogen) atoms. The van der Waals surface area contributed by atoms with Crippen LogP contribution in [0.5, 0.6) is 0 Å². The number of carbonyl (C=O) groups is 1. The van der Waals surface area contributed by atoms with E-state index < -0.39 is 0 Å². The highest BCUT2D eigenvalue weighted by molar-refractivity contribution is 5.89. The Morgan fingerprint density at radius 2 is 2.22 bits per heavy atom. The third-order valence-electron chi connectivity index (χ3n) is 4.18. The molecule has 0 fully saturated rings. The van der Waals surface area contributed by atoms with E-state index >= 15 is 0 Å². The van der Waals surface area contributed by atoms with Crippen LogP contribution >= 0.6 is 0 Å². The normalized spacial score (nSPS) is 12.1. The Labute approximate surface area is 155 Å². The lowest BCUT2D eigenvalue weighted by atomic mass is 10.3. The van der Waals surface area contributed by atoms with Gasteiger partial charge in [-0.05, 0) is 20.3 Å². The van der Waals surface area contributed by atoms with Crippen LogP contribution in [0.4, 0.5) is 5.82 Å². The molecule has 1 atom stereocenters. The molecule has 0 saturated carbocycles. The maximum Gasteiger partial charge on any atom is 0.266 e. The third-order valence-corrected chi connectivity index (χ3v) is 4.18. The second-order valence-corrected chi connectivity index (χ2v) is 6.17. The standard InChI is InChI=1S/C17H21N7O3/c1-4-11(2)24-14(5-7-19-24)21-15(25)6-8-23-10-18-9-13(17(23)26)16-20-12(3)22-27-16/h5,7,9-11H,4,6,8H2,1-3H3,(H,21,25). The number of anilines is 1. The average molecular weight is 371 g/mol. The molecule has 10 heteroatoms. The van der Waals surface area contributed by atoms with Crippen molar-refractivity contribution in [2.45, 2.75) is 46.2 Å². The van der Waals surface area contributed by atoms with Gasteiger partial charge in [-0.2, -0.15) is 10.1 Å². The van der Waals surface area contributed by atoms with E-state index in [0.717, 1.165) is 6.42 Å². The smallest absolute Gasteiger partial charge is 0.266 e. The first-order chi connectivity index (χ1) is 13.0. The van der Waals surface area contributed by atoms with Crippen molar-refractivity contribution in [2.24, 2.45) is 0 Å². The molecule has 3 rings (SSSR count). The largest absolute Gasteiger partial charge is 0.334 e. The molecule has 1 amide bonds. The summed E-state index contributed by atoms with van der Waals surface area (Å²) in [5, 5.41) is 10.7. The van der Waals surface area contributed by atoms with Gasteiger partial charge in [-0.3, -0.25) is 14.2 Å². The molecule has 0 aliphatic heterocycles. The van der Waals surface area contributed by atoms with Crippen LogP contribution in [0.2, 0.25) is 0 Å². The Hall–Kier alpha value is -3.30. The summed E-state index contributed by atoms with van der Waals surface area (Å²) in [6.45, 7) is 5.92. The summed E-state index contributed by atoms with van der Waals surface area (Å²) in [6.07, 6.45) is 5.40. The zero-order valence-electron chi connectivity index (χ0n) is 15.4. The molecule has 3 heterocycles. The van der Waals surface area contributed by atoms with Crippen molar-refractivity contribution >= 4 is 11.7 Å². The Bertz CT molecular complexity index is 988. The summed E-state index contributed by atoms with van der Waals surface area (Å²) < 4.78 is 8.14. The van der Waals surface area contributed by atoms with Gasteiger partial charge in [-0.25, -0.2) is 9.67 Å². The number of rotatable bonds is 7. The SMILES string of the molecule is CCC(C)n1nccc1NC(=O)CCn1cncc(-c2nc(C)no2)c1=O. The van der Waals surface area contributed by atoms with Crippen LogP contribution in [0.25, 0.3) is 11.5 Å². The van der Waals surface area contributed by atoms with Gasteiger partial charge in [-0.15, -0.1) is 0 Å². The summed E-state index contributed by atoms with van der Waals surface area (Å²) in [7, 11) is 0. The fraction of sp³-hybridized carbons (Fsp3) is 0.412. The summed E-state index contributed by atoms with van der Waals surface area (Å²) in [5.41, 5.74) is -0.139. The van der Waals surface area contributed by atoms with Crippen LogP contribution in [-0.4, -0.2) is 35.4 Å². The van der Waals surface area contributed by atoms with Crippen LogP contribution < -0.4 is 10.9 Å². The molecular weight excluding hydrogens is 350 g/mol. The van der Waals surface area contributed by atoms with E-state index in [2.05, 4.69) is 32.5 Å². The second-order valence-electron chi connectivity index (χ2n) is 6.17. The maximum atomic E-state index is 12.5. The molecule has 1 unspecified atom stereocenters. The Morgan fingerprint density at radius 3 is 2.93 bits per heavy atom. The van der Waals surface area contributed by atoms with Gasteiger partial charge in [0.2, 0.25) is 5.91 Å². The summed E-state index contributed by atoms with van der Waals surface area (Å²) in [4.78, 5) is 32.9. The van der Waals surface area contributed by atoms with Crippen LogP contribution in [0, 0.1) is 6.92 Å². The molecule has 0 bridgehead atoms. The van der Waals surface area contributed by atoms with Crippen molar-refractivity contribution in [1.82, 2.24) is 29.5 Å². The monoisotopic (exact) mass is 371 g/mol. The van der Waals surface area contributed by atoms with Crippen LogP contribution in [0.3, 0.4) is 0 Å². The van der Waals surface area contributed by atoms with Crippen molar-refractivity contribution in [3.63, 3.8) is 0 Å². The van der Waals surface area contributed by atoms with Crippen molar-refractivity contribution in [2.75, 3.05) is 5.32 Å². The highest BCUT2D eigenvalue weighted by atomic mass is 16.5. The van der Waals surface area contributed by atoms with E-state index in [1.54, 1.807) is 23.9 Å². The summed E-state index contributed by atoms with van der Waals surface area (Å²) in [6, 6.07) is 1.92. The molecule has 0 saturated heterocycles. The zero-order valence-corrected chi connectivity index (χ0v) is 15.4. The minimum absolute atomic E-state index is 0.111. The van der Waals surface area contributed by atoms with Crippen molar-refractivity contribution in [1.29, 1.82) is 0 Å². The fourth-order valence-corrected chi connectivity index (χ4v) is 2.53. The number of amides is 1. The van der Waals surface area contributed by atoms with E-state index in [0.29, 0.717) is 11.6 Å². The van der Waals surface area contributed by atoms with E-state index in [1.165, 1.54) is 17.1 Å². The van der Waals surface area contributed by atoms with Crippen molar-refractivity contribution in [3.05, 3.63) is 41.0 Å². The molecule has 0 radical (unpaired) electrons. The number of hydrogen-bond acceptors (Lipinski definition) is 7. The minimum atomic E-state index is -0.342. The second kappa shape index (κ2) is 7.94. The molecule has 0 aliphatic rings. The number of aromatic nitrogens is 6. The van der Waals surface area contributed by atoms with Crippen LogP contribution in [-0.2, 0) is 11.3 Å². The fourth-order valence-electron chi connectivity index (χ4n) is 2.53. The highest BCUT2D eigenvalue weighted by Crippen LogP contribution is 2.16. The highest BCUT2D eigenvalue weighted by Gasteiger charge is 2.15. The van der Waals surface area contributed by atoms with Gasteiger partial charge in [0.1, 0.15) is 11.4 Å². The number of hydrogen-bond donors (Lipinski definition) is 1. The molecule has 10 nitrogen and oxygen atoms in total. The number of nitrogens with one attached hydrogen (secondary N) is 1. The van der Waals surface area contributed by atoms with E-state index in [4.69, 9.17) is 4.52 Å². The first kappa shape index (κ1) is 18.5. The summed E-state index contributed by atoms with van der Waals surface area (Å²) >= 11 is 0. The first-order valence-corrected chi connectivity index (χ1v) is 8.68. The first-order valence-electron chi connectivity index (χ1n) is 8.68. The zero-order chi connectivity index (χ0) is 19.4. The number of nitrogens with zero attached hydrogens (tertiary/aromatic N) is 6. The van der Waals surface area contributed by atoms with Gasteiger partial charge in [0.25, 0.3) is 11.4 Å².